The average Bonchev–Trinajstić information content (AvgIpc) is 2.72. The number of ketones is 1. The first-order chi connectivity index (χ1) is 15.6. The van der Waals surface area contributed by atoms with E-state index in [0.29, 0.717) is 97.7 Å². The van der Waals surface area contributed by atoms with Crippen LogP contribution in [0.3, 0.4) is 0 Å². The molecule has 0 unspecified atom stereocenters. The second-order valence-electron chi connectivity index (χ2n) is 10.0. The van der Waals surface area contributed by atoms with E-state index in [2.05, 4.69) is 20.8 Å². The topological polar surface area (TPSA) is 81.7 Å². The molecule has 0 aromatic rings. The lowest BCUT2D eigenvalue weighted by Crippen LogP contribution is -2.22. The third kappa shape index (κ3) is 25.8. The molecule has 0 heterocycles. The molecule has 8 heteroatoms. The van der Waals surface area contributed by atoms with Crippen molar-refractivity contribution in [3.8, 4) is 0 Å². The van der Waals surface area contributed by atoms with Gasteiger partial charge in [-0.1, -0.05) is 41.5 Å². The van der Waals surface area contributed by atoms with Gasteiger partial charge in [0, 0.05) is 18.4 Å². The quantitative estimate of drug-likeness (QED) is 0.206. The Morgan fingerprint density at radius 3 is 1.00 bits per heavy atom. The van der Waals surface area contributed by atoms with Crippen molar-refractivity contribution in [1.82, 2.24) is 0 Å². The number of hydrogen-bond donors (Lipinski definition) is 0. The number of carbonyl (C=O) groups is 1. The summed E-state index contributed by atoms with van der Waals surface area (Å²) >= 11 is 0. The molecule has 198 valence electrons. The second-order valence-corrected chi connectivity index (χ2v) is 10.0. The first-order valence-electron chi connectivity index (χ1n) is 12.2. The highest BCUT2D eigenvalue weighted by atomic mass is 16.6. The zero-order valence-corrected chi connectivity index (χ0v) is 22.1. The summed E-state index contributed by atoms with van der Waals surface area (Å²) in [7, 11) is 0. The summed E-state index contributed by atoms with van der Waals surface area (Å²) in [5, 5.41) is 0. The summed E-state index contributed by atoms with van der Waals surface area (Å²) in [6.45, 7) is 20.0. The SMILES string of the molecule is CC(C)(C)CCOCCOCCOCCOCCOCCOCCOCCC(=O)C(C)(C)C. The number of ether oxygens (including phenoxy) is 7. The molecule has 0 aliphatic heterocycles. The monoisotopic (exact) mass is 478 g/mol. The zero-order chi connectivity index (χ0) is 24.8. The standard InChI is InChI=1S/C25H50O8/c1-24(2,3)8-10-28-12-14-30-16-18-32-20-22-33-21-19-31-17-15-29-13-11-27-9-7-23(26)25(4,5)6/h7-22H2,1-6H3. The summed E-state index contributed by atoms with van der Waals surface area (Å²) in [4.78, 5) is 11.7. The first-order valence-corrected chi connectivity index (χ1v) is 12.2. The van der Waals surface area contributed by atoms with Crippen molar-refractivity contribution in [1.29, 1.82) is 0 Å². The molecule has 0 aliphatic carbocycles. The van der Waals surface area contributed by atoms with E-state index in [4.69, 9.17) is 33.2 Å². The maximum atomic E-state index is 11.7. The largest absolute Gasteiger partial charge is 0.379 e. The van der Waals surface area contributed by atoms with Crippen molar-refractivity contribution in [3.05, 3.63) is 0 Å². The fourth-order valence-electron chi connectivity index (χ4n) is 2.34. The van der Waals surface area contributed by atoms with Gasteiger partial charge in [0.15, 0.2) is 0 Å². The van der Waals surface area contributed by atoms with E-state index in [1.807, 2.05) is 20.8 Å². The van der Waals surface area contributed by atoms with E-state index in [9.17, 15) is 4.79 Å². The van der Waals surface area contributed by atoms with Gasteiger partial charge in [0.1, 0.15) is 5.78 Å². The maximum Gasteiger partial charge on any atom is 0.140 e. The predicted octanol–water partition coefficient (Wildman–Crippen LogP) is 3.54. The Kier molecular flexibility index (Phi) is 20.4. The van der Waals surface area contributed by atoms with Crippen molar-refractivity contribution >= 4 is 5.78 Å². The lowest BCUT2D eigenvalue weighted by atomic mass is 9.89. The van der Waals surface area contributed by atoms with Gasteiger partial charge in [-0.3, -0.25) is 4.79 Å². The molecular weight excluding hydrogens is 428 g/mol. The van der Waals surface area contributed by atoms with Crippen LogP contribution in [-0.2, 0) is 38.0 Å². The molecule has 0 N–H and O–H groups in total. The molecule has 0 fully saturated rings. The van der Waals surface area contributed by atoms with Crippen LogP contribution in [0.2, 0.25) is 0 Å². The Balaban J connectivity index is 3.13. The fourth-order valence-corrected chi connectivity index (χ4v) is 2.34. The molecule has 0 amide bonds. The lowest BCUT2D eigenvalue weighted by molar-refractivity contribution is -0.127. The van der Waals surface area contributed by atoms with E-state index in [1.165, 1.54) is 0 Å². The van der Waals surface area contributed by atoms with Gasteiger partial charge in [-0.15, -0.1) is 0 Å². The molecule has 0 spiro atoms. The smallest absolute Gasteiger partial charge is 0.140 e. The van der Waals surface area contributed by atoms with Gasteiger partial charge < -0.3 is 33.2 Å². The van der Waals surface area contributed by atoms with Gasteiger partial charge in [-0.25, -0.2) is 0 Å². The number of rotatable bonds is 23. The van der Waals surface area contributed by atoms with Crippen LogP contribution in [0.25, 0.3) is 0 Å². The third-order valence-corrected chi connectivity index (χ3v) is 4.54. The van der Waals surface area contributed by atoms with Crippen molar-refractivity contribution < 1.29 is 38.0 Å². The van der Waals surface area contributed by atoms with Gasteiger partial charge in [-0.2, -0.15) is 0 Å². The Morgan fingerprint density at radius 2 is 0.727 bits per heavy atom. The third-order valence-electron chi connectivity index (χ3n) is 4.54. The van der Waals surface area contributed by atoms with Crippen molar-refractivity contribution in [2.75, 3.05) is 92.5 Å². The summed E-state index contributed by atoms with van der Waals surface area (Å²) in [6, 6.07) is 0. The minimum Gasteiger partial charge on any atom is -0.379 e. The minimum absolute atomic E-state index is 0.211. The normalized spacial score (nSPS) is 12.4. The van der Waals surface area contributed by atoms with E-state index in [1.54, 1.807) is 0 Å². The predicted molar refractivity (Wildman–Crippen MR) is 129 cm³/mol. The molecule has 0 bridgehead atoms. The fraction of sp³-hybridized carbons (Fsp3) is 0.960. The molecule has 0 saturated heterocycles. The van der Waals surface area contributed by atoms with E-state index < -0.39 is 0 Å². The Bertz CT molecular complexity index is 443. The van der Waals surface area contributed by atoms with Crippen molar-refractivity contribution in [2.24, 2.45) is 10.8 Å². The van der Waals surface area contributed by atoms with Gasteiger partial charge in [0.2, 0.25) is 0 Å². The molecule has 0 radical (unpaired) electrons. The molecule has 0 aromatic heterocycles. The highest BCUT2D eigenvalue weighted by molar-refractivity contribution is 5.83. The molecule has 0 saturated carbocycles. The average molecular weight is 479 g/mol. The second kappa shape index (κ2) is 20.7. The van der Waals surface area contributed by atoms with Crippen molar-refractivity contribution in [2.45, 2.75) is 54.4 Å². The molecule has 0 atom stereocenters. The van der Waals surface area contributed by atoms with Gasteiger partial charge in [0.25, 0.3) is 0 Å². The van der Waals surface area contributed by atoms with Crippen LogP contribution < -0.4 is 0 Å². The van der Waals surface area contributed by atoms with E-state index >= 15 is 0 Å². The molecule has 0 aliphatic rings. The van der Waals surface area contributed by atoms with E-state index in [0.717, 1.165) is 13.0 Å². The Labute approximate surface area is 201 Å². The Hall–Kier alpha value is -0.610. The van der Waals surface area contributed by atoms with Gasteiger partial charge in [-0.05, 0) is 11.8 Å². The van der Waals surface area contributed by atoms with Crippen LogP contribution in [0.1, 0.15) is 54.4 Å². The van der Waals surface area contributed by atoms with E-state index in [-0.39, 0.29) is 11.2 Å². The highest BCUT2D eigenvalue weighted by Gasteiger charge is 2.20. The Morgan fingerprint density at radius 1 is 0.455 bits per heavy atom. The molecule has 8 nitrogen and oxygen atoms in total. The summed E-state index contributed by atoms with van der Waals surface area (Å²) in [5.41, 5.74) is 0.00782. The maximum absolute atomic E-state index is 11.7. The first kappa shape index (κ1) is 32.4. The number of Topliss-reactive ketones (excluding diaryl/α,β-unsaturated/α-hetero) is 1. The van der Waals surface area contributed by atoms with Crippen LogP contribution in [-0.4, -0.2) is 98.3 Å². The minimum atomic E-state index is -0.301. The summed E-state index contributed by atoms with van der Waals surface area (Å²) in [5.74, 6) is 0.211. The highest BCUT2D eigenvalue weighted by Crippen LogP contribution is 2.17. The lowest BCUT2D eigenvalue weighted by Gasteiger charge is -2.17. The summed E-state index contributed by atoms with van der Waals surface area (Å²) < 4.78 is 38.2. The van der Waals surface area contributed by atoms with Crippen LogP contribution in [0, 0.1) is 10.8 Å². The van der Waals surface area contributed by atoms with Crippen LogP contribution >= 0.6 is 0 Å². The number of hydrogen-bond acceptors (Lipinski definition) is 8. The molecule has 0 aromatic carbocycles. The molecule has 0 rings (SSSR count). The summed E-state index contributed by atoms with van der Waals surface area (Å²) in [6.07, 6.45) is 1.49. The zero-order valence-electron chi connectivity index (χ0n) is 22.1. The molecule has 33 heavy (non-hydrogen) atoms. The number of carbonyl (C=O) groups excluding carboxylic acids is 1. The van der Waals surface area contributed by atoms with Crippen LogP contribution in [0.4, 0.5) is 0 Å². The van der Waals surface area contributed by atoms with Crippen LogP contribution in [0.5, 0.6) is 0 Å². The van der Waals surface area contributed by atoms with Gasteiger partial charge in [0.05, 0.1) is 85.9 Å². The van der Waals surface area contributed by atoms with Crippen molar-refractivity contribution in [3.63, 3.8) is 0 Å². The molecular formula is C25H50O8. The van der Waals surface area contributed by atoms with Gasteiger partial charge >= 0.3 is 0 Å². The van der Waals surface area contributed by atoms with Crippen LogP contribution in [0.15, 0.2) is 0 Å².